The van der Waals surface area contributed by atoms with Gasteiger partial charge in [-0.15, -0.1) is 0 Å². The van der Waals surface area contributed by atoms with Crippen LogP contribution in [0.2, 0.25) is 0 Å². The van der Waals surface area contributed by atoms with Crippen LogP contribution < -0.4 is 0 Å². The van der Waals surface area contributed by atoms with Crippen LogP contribution >= 0.6 is 12.0 Å². The zero-order valence-corrected chi connectivity index (χ0v) is 14.9. The number of hydrogen-bond donors (Lipinski definition) is 0. The second-order valence-electron chi connectivity index (χ2n) is 7.19. The molecule has 0 aliphatic heterocycles. The van der Waals surface area contributed by atoms with Crippen LogP contribution in [-0.2, 0) is 4.18 Å². The second-order valence-corrected chi connectivity index (χ2v) is 7.98. The van der Waals surface area contributed by atoms with Crippen LogP contribution in [0.3, 0.4) is 0 Å². The third-order valence-corrected chi connectivity index (χ3v) is 5.42. The molecule has 1 aromatic rings. The normalized spacial score (nSPS) is 21.5. The van der Waals surface area contributed by atoms with Gasteiger partial charge in [-0.05, 0) is 43.1 Å². The van der Waals surface area contributed by atoms with Gasteiger partial charge in [0.05, 0.1) is 22.0 Å². The molecule has 7 nitrogen and oxygen atoms in total. The maximum atomic E-state index is 11.1. The summed E-state index contributed by atoms with van der Waals surface area (Å²) in [6.07, 6.45) is 4.07. The van der Waals surface area contributed by atoms with Gasteiger partial charge in [-0.25, -0.2) is 0 Å². The first-order valence-electron chi connectivity index (χ1n) is 7.94. The average molecular weight is 354 g/mol. The van der Waals surface area contributed by atoms with E-state index in [0.717, 1.165) is 43.8 Å². The Hall–Kier alpha value is -1.67. The number of nitro benzene ring substituents is 2. The van der Waals surface area contributed by atoms with Gasteiger partial charge in [0.2, 0.25) is 0 Å². The van der Waals surface area contributed by atoms with E-state index in [2.05, 4.69) is 20.8 Å². The summed E-state index contributed by atoms with van der Waals surface area (Å²) in [5.74, 6) is 0.663. The van der Waals surface area contributed by atoms with Gasteiger partial charge >= 0.3 is 0 Å². The maximum absolute atomic E-state index is 11.1. The third kappa shape index (κ3) is 4.67. The minimum absolute atomic E-state index is 0.0587. The molecular formula is C16H22N2O5S. The predicted octanol–water partition coefficient (Wildman–Crippen LogP) is 5.13. The quantitative estimate of drug-likeness (QED) is 0.413. The molecule has 1 aliphatic rings. The lowest BCUT2D eigenvalue weighted by Gasteiger charge is -2.36. The fourth-order valence-electron chi connectivity index (χ4n) is 2.98. The van der Waals surface area contributed by atoms with Crippen LogP contribution in [0.1, 0.15) is 46.5 Å². The molecule has 0 N–H and O–H groups in total. The van der Waals surface area contributed by atoms with E-state index in [1.54, 1.807) is 0 Å². The van der Waals surface area contributed by atoms with Gasteiger partial charge in [0.15, 0.2) is 0 Å². The SMILES string of the molecule is CC(C)(C)C1CCC(OSc2ccc([N+](=O)[O-])cc2[N+](=O)[O-])CC1. The first kappa shape index (κ1) is 18.7. The maximum Gasteiger partial charge on any atom is 0.292 e. The van der Waals surface area contributed by atoms with E-state index < -0.39 is 9.85 Å². The summed E-state index contributed by atoms with van der Waals surface area (Å²) in [6.45, 7) is 6.73. The van der Waals surface area contributed by atoms with Crippen molar-refractivity contribution in [2.75, 3.05) is 0 Å². The molecule has 24 heavy (non-hydrogen) atoms. The van der Waals surface area contributed by atoms with E-state index in [4.69, 9.17) is 4.18 Å². The van der Waals surface area contributed by atoms with Gasteiger partial charge in [-0.2, -0.15) is 0 Å². The van der Waals surface area contributed by atoms with E-state index in [1.807, 2.05) is 0 Å². The van der Waals surface area contributed by atoms with E-state index in [0.29, 0.717) is 10.8 Å². The highest BCUT2D eigenvalue weighted by atomic mass is 32.2. The lowest BCUT2D eigenvalue weighted by atomic mass is 9.72. The van der Waals surface area contributed by atoms with Gasteiger partial charge in [0, 0.05) is 18.1 Å². The van der Waals surface area contributed by atoms with E-state index >= 15 is 0 Å². The molecule has 132 valence electrons. The molecule has 8 heteroatoms. The molecule has 0 heterocycles. The molecule has 0 saturated heterocycles. The minimum Gasteiger partial charge on any atom is -0.307 e. The molecule has 1 fully saturated rings. The Kier molecular flexibility index (Phi) is 5.82. The summed E-state index contributed by atoms with van der Waals surface area (Å²) < 4.78 is 5.76. The number of non-ortho nitro benzene ring substituents is 1. The summed E-state index contributed by atoms with van der Waals surface area (Å²) in [5, 5.41) is 21.9. The molecule has 1 saturated carbocycles. The fraction of sp³-hybridized carbons (Fsp3) is 0.625. The van der Waals surface area contributed by atoms with Crippen molar-refractivity contribution in [2.24, 2.45) is 11.3 Å². The van der Waals surface area contributed by atoms with Gasteiger partial charge in [-0.3, -0.25) is 20.2 Å². The first-order chi connectivity index (χ1) is 11.2. The third-order valence-electron chi connectivity index (χ3n) is 4.52. The number of benzene rings is 1. The van der Waals surface area contributed by atoms with E-state index in [1.165, 1.54) is 12.1 Å². The largest absolute Gasteiger partial charge is 0.307 e. The molecule has 0 spiro atoms. The van der Waals surface area contributed by atoms with Crippen molar-refractivity contribution in [3.05, 3.63) is 38.4 Å². The summed E-state index contributed by atoms with van der Waals surface area (Å²) in [4.78, 5) is 20.9. The van der Waals surface area contributed by atoms with Crippen molar-refractivity contribution in [2.45, 2.75) is 57.5 Å². The summed E-state index contributed by atoms with van der Waals surface area (Å²) in [6, 6.07) is 3.61. The van der Waals surface area contributed by atoms with Crippen molar-refractivity contribution in [3.8, 4) is 0 Å². The van der Waals surface area contributed by atoms with Crippen LogP contribution in [-0.4, -0.2) is 16.0 Å². The highest BCUT2D eigenvalue weighted by Crippen LogP contribution is 2.41. The second kappa shape index (κ2) is 7.48. The highest BCUT2D eigenvalue weighted by Gasteiger charge is 2.30. The standard InChI is InChI=1S/C16H22N2O5S/c1-16(2,3)11-4-7-13(8-5-11)23-24-15-9-6-12(17(19)20)10-14(15)18(21)22/h6,9-11,13H,4-5,7-8H2,1-3H3. The average Bonchev–Trinajstić information content (AvgIpc) is 2.52. The number of nitrogens with zero attached hydrogens (tertiary/aromatic N) is 2. The number of nitro groups is 2. The van der Waals surface area contributed by atoms with Crippen LogP contribution in [0, 0.1) is 31.6 Å². The number of rotatable bonds is 5. The van der Waals surface area contributed by atoms with Gasteiger partial charge in [0.25, 0.3) is 11.4 Å². The highest BCUT2D eigenvalue weighted by molar-refractivity contribution is 7.94. The molecule has 0 unspecified atom stereocenters. The van der Waals surface area contributed by atoms with Crippen molar-refractivity contribution in [1.29, 1.82) is 0 Å². The number of hydrogen-bond acceptors (Lipinski definition) is 6. The Balaban J connectivity index is 1.98. The summed E-state index contributed by atoms with van der Waals surface area (Å²) >= 11 is 0.947. The monoisotopic (exact) mass is 354 g/mol. The Bertz CT molecular complexity index is 621. The van der Waals surface area contributed by atoms with E-state index in [-0.39, 0.29) is 22.9 Å². The van der Waals surface area contributed by atoms with Crippen molar-refractivity contribution < 1.29 is 14.0 Å². The van der Waals surface area contributed by atoms with Gasteiger partial charge in [0.1, 0.15) is 4.90 Å². The Morgan fingerprint density at radius 1 is 1.08 bits per heavy atom. The van der Waals surface area contributed by atoms with E-state index in [9.17, 15) is 20.2 Å². The zero-order chi connectivity index (χ0) is 17.9. The van der Waals surface area contributed by atoms with Crippen LogP contribution in [0.15, 0.2) is 23.1 Å². The summed E-state index contributed by atoms with van der Waals surface area (Å²) in [7, 11) is 0. The van der Waals surface area contributed by atoms with Crippen LogP contribution in [0.25, 0.3) is 0 Å². The topological polar surface area (TPSA) is 95.5 Å². The predicted molar refractivity (Wildman–Crippen MR) is 91.9 cm³/mol. The van der Waals surface area contributed by atoms with Crippen LogP contribution in [0.4, 0.5) is 11.4 Å². The lowest BCUT2D eigenvalue weighted by molar-refractivity contribution is -0.396. The van der Waals surface area contributed by atoms with Crippen molar-refractivity contribution in [3.63, 3.8) is 0 Å². The fourth-order valence-corrected chi connectivity index (χ4v) is 3.75. The molecule has 0 aromatic heterocycles. The molecular weight excluding hydrogens is 332 g/mol. The lowest BCUT2D eigenvalue weighted by Crippen LogP contribution is -2.28. The van der Waals surface area contributed by atoms with Crippen LogP contribution in [0.5, 0.6) is 0 Å². The Labute approximate surface area is 145 Å². The molecule has 1 aliphatic carbocycles. The molecule has 0 bridgehead atoms. The zero-order valence-electron chi connectivity index (χ0n) is 14.1. The Morgan fingerprint density at radius 3 is 2.21 bits per heavy atom. The molecule has 0 radical (unpaired) electrons. The molecule has 2 rings (SSSR count). The summed E-state index contributed by atoms with van der Waals surface area (Å²) in [5.41, 5.74) is -0.302. The Morgan fingerprint density at radius 2 is 1.71 bits per heavy atom. The molecule has 0 amide bonds. The molecule has 0 atom stereocenters. The van der Waals surface area contributed by atoms with Crippen molar-refractivity contribution in [1.82, 2.24) is 0 Å². The van der Waals surface area contributed by atoms with Crippen molar-refractivity contribution >= 4 is 23.4 Å². The first-order valence-corrected chi connectivity index (χ1v) is 8.69. The minimum atomic E-state index is -0.643. The smallest absolute Gasteiger partial charge is 0.292 e. The van der Waals surface area contributed by atoms with Gasteiger partial charge in [-0.1, -0.05) is 20.8 Å². The molecule has 1 aromatic carbocycles. The van der Waals surface area contributed by atoms with Gasteiger partial charge < -0.3 is 4.18 Å².